The van der Waals surface area contributed by atoms with E-state index in [0.717, 1.165) is 29.8 Å². The number of fused-ring (bicyclic) bond motifs is 3. The first-order chi connectivity index (χ1) is 14.5. The van der Waals surface area contributed by atoms with Gasteiger partial charge in [0.15, 0.2) is 5.76 Å². The van der Waals surface area contributed by atoms with Crippen LogP contribution in [0.25, 0.3) is 6.08 Å². The lowest BCUT2D eigenvalue weighted by Crippen LogP contribution is -2.33. The molecule has 0 saturated heterocycles. The number of nitro benzene ring substituents is 1. The molecule has 30 heavy (non-hydrogen) atoms. The maximum Gasteiger partial charge on any atom is 0.269 e. The number of ether oxygens (including phenoxy) is 3. The smallest absolute Gasteiger partial charge is 0.269 e. The Morgan fingerprint density at radius 3 is 2.77 bits per heavy atom. The van der Waals surface area contributed by atoms with Crippen molar-refractivity contribution in [2.45, 2.75) is 19.9 Å². The van der Waals surface area contributed by atoms with E-state index in [0.29, 0.717) is 36.8 Å². The molecule has 0 N–H and O–H groups in total. The maximum atomic E-state index is 13.0. The molecular weight excluding hydrogens is 388 g/mol. The summed E-state index contributed by atoms with van der Waals surface area (Å²) in [6.07, 6.45) is 2.49. The summed E-state index contributed by atoms with van der Waals surface area (Å²) in [5.74, 6) is 1.28. The fraction of sp³-hybridized carbons (Fsp3) is 0.318. The van der Waals surface area contributed by atoms with Gasteiger partial charge in [0.2, 0.25) is 5.78 Å². The van der Waals surface area contributed by atoms with E-state index in [1.807, 2.05) is 13.0 Å². The molecule has 0 amide bonds. The van der Waals surface area contributed by atoms with Gasteiger partial charge in [0.05, 0.1) is 16.1 Å². The minimum atomic E-state index is -0.460. The van der Waals surface area contributed by atoms with Gasteiger partial charge in [-0.15, -0.1) is 0 Å². The number of benzene rings is 2. The van der Waals surface area contributed by atoms with E-state index in [1.54, 1.807) is 25.3 Å². The lowest BCUT2D eigenvalue weighted by atomic mass is 9.98. The Bertz CT molecular complexity index is 1030. The second-order valence-electron chi connectivity index (χ2n) is 7.34. The van der Waals surface area contributed by atoms with Crippen molar-refractivity contribution in [2.24, 2.45) is 0 Å². The van der Waals surface area contributed by atoms with Crippen molar-refractivity contribution in [1.29, 1.82) is 0 Å². The van der Waals surface area contributed by atoms with Crippen LogP contribution in [0.5, 0.6) is 11.5 Å². The van der Waals surface area contributed by atoms with Crippen molar-refractivity contribution < 1.29 is 23.9 Å². The number of carbonyl (C=O) groups is 1. The summed E-state index contributed by atoms with van der Waals surface area (Å²) in [5.41, 5.74) is 2.85. The Kier molecular flexibility index (Phi) is 5.52. The Morgan fingerprint density at radius 1 is 1.30 bits per heavy atom. The average Bonchev–Trinajstić information content (AvgIpc) is 3.06. The number of hydrogen-bond acceptors (Lipinski definition) is 7. The van der Waals surface area contributed by atoms with E-state index in [-0.39, 0.29) is 17.2 Å². The summed E-state index contributed by atoms with van der Waals surface area (Å²) >= 11 is 0. The molecule has 0 atom stereocenters. The minimum Gasteiger partial charge on any atom is -0.478 e. The normalized spacial score (nSPS) is 16.7. The predicted octanol–water partition coefficient (Wildman–Crippen LogP) is 3.71. The van der Waals surface area contributed by atoms with Crippen LogP contribution in [0.2, 0.25) is 0 Å². The zero-order valence-electron chi connectivity index (χ0n) is 16.8. The molecule has 0 fully saturated rings. The van der Waals surface area contributed by atoms with Gasteiger partial charge in [-0.05, 0) is 48.7 Å². The summed E-state index contributed by atoms with van der Waals surface area (Å²) in [6.45, 7) is 4.46. The van der Waals surface area contributed by atoms with Gasteiger partial charge in [-0.25, -0.2) is 0 Å². The van der Waals surface area contributed by atoms with Crippen LogP contribution in [0, 0.1) is 17.0 Å². The predicted molar refractivity (Wildman–Crippen MR) is 110 cm³/mol. The first-order valence-corrected chi connectivity index (χ1v) is 9.67. The van der Waals surface area contributed by atoms with Crippen LogP contribution in [0.3, 0.4) is 0 Å². The average molecular weight is 410 g/mol. The number of Topliss-reactive ketones (excluding diaryl/α,β-unsaturated/α-hetero) is 1. The monoisotopic (exact) mass is 410 g/mol. The van der Waals surface area contributed by atoms with Crippen molar-refractivity contribution in [3.05, 3.63) is 68.5 Å². The zero-order valence-corrected chi connectivity index (χ0v) is 16.8. The van der Waals surface area contributed by atoms with Crippen LogP contribution in [0.15, 0.2) is 36.1 Å². The summed E-state index contributed by atoms with van der Waals surface area (Å²) in [6, 6.07) is 7.87. The molecule has 0 bridgehead atoms. The minimum absolute atomic E-state index is 0.00488. The number of nitro groups is 1. The molecule has 0 radical (unpaired) electrons. The Morgan fingerprint density at radius 2 is 2.07 bits per heavy atom. The standard InChI is InChI=1S/C22H22N2O6/c1-14-10-18-17(12-23(13-29-18)8-3-9-28-2)22-20(14)21(25)19(30-22)11-15-4-6-16(7-5-15)24(26)27/h4-7,10-11H,3,8-9,12-13H2,1-2H3/b19-11-. The second-order valence-corrected chi connectivity index (χ2v) is 7.34. The lowest BCUT2D eigenvalue weighted by molar-refractivity contribution is -0.384. The van der Waals surface area contributed by atoms with Gasteiger partial charge in [0.25, 0.3) is 5.69 Å². The van der Waals surface area contributed by atoms with E-state index < -0.39 is 4.92 Å². The van der Waals surface area contributed by atoms with Gasteiger partial charge in [0, 0.05) is 38.9 Å². The van der Waals surface area contributed by atoms with Gasteiger partial charge in [0.1, 0.15) is 18.2 Å². The molecule has 8 heteroatoms. The fourth-order valence-corrected chi connectivity index (χ4v) is 3.70. The second kappa shape index (κ2) is 8.25. The Hall–Kier alpha value is -3.23. The van der Waals surface area contributed by atoms with Crippen molar-refractivity contribution in [3.8, 4) is 11.5 Å². The number of allylic oxidation sites excluding steroid dienone is 1. The van der Waals surface area contributed by atoms with Crippen molar-refractivity contribution in [2.75, 3.05) is 27.0 Å². The number of hydrogen-bond donors (Lipinski definition) is 0. The molecular formula is C22H22N2O6. The Balaban J connectivity index is 1.62. The molecule has 2 aliphatic heterocycles. The van der Waals surface area contributed by atoms with E-state index in [4.69, 9.17) is 14.2 Å². The third-order valence-corrected chi connectivity index (χ3v) is 5.21. The SMILES string of the molecule is COCCCN1COc2cc(C)c3c(c2C1)O/C(=C\c1ccc([N+](=O)[O-])cc1)C3=O. The molecule has 0 aromatic heterocycles. The van der Waals surface area contributed by atoms with Gasteiger partial charge in [-0.2, -0.15) is 0 Å². The maximum absolute atomic E-state index is 13.0. The Labute approximate surface area is 173 Å². The molecule has 4 rings (SSSR count). The van der Waals surface area contributed by atoms with Crippen molar-refractivity contribution in [3.63, 3.8) is 0 Å². The van der Waals surface area contributed by atoms with Gasteiger partial charge in [-0.1, -0.05) is 0 Å². The van der Waals surface area contributed by atoms with Crippen molar-refractivity contribution >= 4 is 17.5 Å². The first kappa shape index (κ1) is 20.1. The summed E-state index contributed by atoms with van der Waals surface area (Å²) in [7, 11) is 1.68. The largest absolute Gasteiger partial charge is 0.478 e. The van der Waals surface area contributed by atoms with Crippen LogP contribution in [0.1, 0.15) is 33.5 Å². The molecule has 2 aromatic carbocycles. The van der Waals surface area contributed by atoms with Gasteiger partial charge >= 0.3 is 0 Å². The summed E-state index contributed by atoms with van der Waals surface area (Å²) in [4.78, 5) is 25.5. The third-order valence-electron chi connectivity index (χ3n) is 5.21. The van der Waals surface area contributed by atoms with Crippen LogP contribution < -0.4 is 9.47 Å². The van der Waals surface area contributed by atoms with Crippen LogP contribution in [0.4, 0.5) is 5.69 Å². The molecule has 156 valence electrons. The number of carbonyl (C=O) groups excluding carboxylic acids is 1. The number of ketones is 1. The molecule has 2 aliphatic rings. The number of aryl methyl sites for hydroxylation is 1. The summed E-state index contributed by atoms with van der Waals surface area (Å²) in [5, 5.41) is 10.8. The first-order valence-electron chi connectivity index (χ1n) is 9.67. The molecule has 2 heterocycles. The highest BCUT2D eigenvalue weighted by Crippen LogP contribution is 2.44. The number of nitrogens with zero attached hydrogens (tertiary/aromatic N) is 2. The third kappa shape index (κ3) is 3.79. The highest BCUT2D eigenvalue weighted by molar-refractivity contribution is 6.15. The molecule has 0 unspecified atom stereocenters. The number of methoxy groups -OCH3 is 1. The van der Waals surface area contributed by atoms with E-state index in [2.05, 4.69) is 4.90 Å². The van der Waals surface area contributed by atoms with Crippen LogP contribution in [-0.2, 0) is 11.3 Å². The quantitative estimate of drug-likeness (QED) is 0.310. The molecule has 8 nitrogen and oxygen atoms in total. The molecule has 2 aromatic rings. The highest BCUT2D eigenvalue weighted by Gasteiger charge is 2.35. The van der Waals surface area contributed by atoms with Crippen molar-refractivity contribution in [1.82, 2.24) is 4.90 Å². The lowest BCUT2D eigenvalue weighted by Gasteiger charge is -2.30. The topological polar surface area (TPSA) is 91.1 Å². The van der Waals surface area contributed by atoms with E-state index >= 15 is 0 Å². The zero-order chi connectivity index (χ0) is 21.3. The van der Waals surface area contributed by atoms with E-state index in [1.165, 1.54) is 12.1 Å². The van der Waals surface area contributed by atoms with E-state index in [9.17, 15) is 14.9 Å². The van der Waals surface area contributed by atoms with Gasteiger partial charge in [-0.3, -0.25) is 19.8 Å². The van der Waals surface area contributed by atoms with Crippen LogP contribution >= 0.6 is 0 Å². The fourth-order valence-electron chi connectivity index (χ4n) is 3.70. The molecule has 0 aliphatic carbocycles. The van der Waals surface area contributed by atoms with Gasteiger partial charge < -0.3 is 14.2 Å². The molecule has 0 spiro atoms. The highest BCUT2D eigenvalue weighted by atomic mass is 16.6. The summed E-state index contributed by atoms with van der Waals surface area (Å²) < 4.78 is 17.0. The van der Waals surface area contributed by atoms with Crippen LogP contribution in [-0.4, -0.2) is 42.6 Å². The number of rotatable bonds is 6. The molecule has 0 saturated carbocycles. The number of non-ortho nitro benzene ring substituents is 1.